The van der Waals surface area contributed by atoms with Crippen molar-refractivity contribution in [3.63, 3.8) is 0 Å². The Bertz CT molecular complexity index is 301. The zero-order valence-electron chi connectivity index (χ0n) is 11.4. The molecule has 1 unspecified atom stereocenters. The van der Waals surface area contributed by atoms with Crippen molar-refractivity contribution in [1.29, 1.82) is 0 Å². The number of piperidine rings is 1. The summed E-state index contributed by atoms with van der Waals surface area (Å²) in [6, 6.07) is 0. The van der Waals surface area contributed by atoms with Crippen LogP contribution in [0, 0.1) is 11.3 Å². The van der Waals surface area contributed by atoms with Crippen molar-refractivity contribution in [2.75, 3.05) is 33.2 Å². The minimum atomic E-state index is 0.275. The number of hydrogen-bond acceptors (Lipinski definition) is 4. The van der Waals surface area contributed by atoms with Gasteiger partial charge < -0.3 is 21.2 Å². The van der Waals surface area contributed by atoms with E-state index >= 15 is 0 Å². The Labute approximate surface area is 109 Å². The largest absolute Gasteiger partial charge is 0.409 e. The SMILES string of the molecule is CN1CCCC(CNCC2(CC(N)=NO)CC2)C1. The molecule has 0 spiro atoms. The number of likely N-dealkylation sites (tertiary alicyclic amines) is 1. The predicted molar refractivity (Wildman–Crippen MR) is 72.8 cm³/mol. The third-order valence-electron chi connectivity index (χ3n) is 4.30. The van der Waals surface area contributed by atoms with E-state index in [9.17, 15) is 0 Å². The summed E-state index contributed by atoms with van der Waals surface area (Å²) in [6.07, 6.45) is 5.77. The van der Waals surface area contributed by atoms with Gasteiger partial charge in [0.25, 0.3) is 0 Å². The molecule has 0 aromatic rings. The van der Waals surface area contributed by atoms with Crippen molar-refractivity contribution in [2.45, 2.75) is 32.1 Å². The molecule has 0 amide bonds. The molecule has 1 aliphatic heterocycles. The van der Waals surface area contributed by atoms with Gasteiger partial charge in [-0.3, -0.25) is 0 Å². The minimum absolute atomic E-state index is 0.275. The van der Waals surface area contributed by atoms with Gasteiger partial charge in [0, 0.05) is 19.5 Å². The van der Waals surface area contributed by atoms with E-state index in [1.807, 2.05) is 0 Å². The molecule has 0 aromatic heterocycles. The van der Waals surface area contributed by atoms with Crippen LogP contribution in [-0.4, -0.2) is 49.2 Å². The van der Waals surface area contributed by atoms with Crippen molar-refractivity contribution in [3.05, 3.63) is 0 Å². The molecule has 5 nitrogen and oxygen atoms in total. The van der Waals surface area contributed by atoms with Gasteiger partial charge in [0.15, 0.2) is 0 Å². The van der Waals surface area contributed by atoms with Crippen molar-refractivity contribution in [3.8, 4) is 0 Å². The number of hydrogen-bond donors (Lipinski definition) is 3. The summed E-state index contributed by atoms with van der Waals surface area (Å²) in [4.78, 5) is 2.42. The van der Waals surface area contributed by atoms with Crippen LogP contribution in [0.1, 0.15) is 32.1 Å². The quantitative estimate of drug-likeness (QED) is 0.284. The molecule has 4 N–H and O–H groups in total. The Balaban J connectivity index is 1.66. The van der Waals surface area contributed by atoms with Crippen LogP contribution in [0.2, 0.25) is 0 Å². The first-order valence-corrected chi connectivity index (χ1v) is 6.99. The van der Waals surface area contributed by atoms with Gasteiger partial charge in [0.1, 0.15) is 5.84 Å². The number of nitrogens with one attached hydrogen (secondary N) is 1. The monoisotopic (exact) mass is 254 g/mol. The predicted octanol–water partition coefficient (Wildman–Crippen LogP) is 0.835. The van der Waals surface area contributed by atoms with Crippen LogP contribution < -0.4 is 11.1 Å². The maximum Gasteiger partial charge on any atom is 0.139 e. The second-order valence-electron chi connectivity index (χ2n) is 6.17. The Morgan fingerprint density at radius 2 is 2.33 bits per heavy atom. The summed E-state index contributed by atoms with van der Waals surface area (Å²) >= 11 is 0. The Kier molecular flexibility index (Phi) is 4.45. The molecule has 2 aliphatic rings. The molecule has 1 saturated carbocycles. The van der Waals surface area contributed by atoms with Gasteiger partial charge in [-0.15, -0.1) is 0 Å². The molecular weight excluding hydrogens is 228 g/mol. The number of oxime groups is 1. The third kappa shape index (κ3) is 3.85. The Morgan fingerprint density at radius 3 is 2.94 bits per heavy atom. The summed E-state index contributed by atoms with van der Waals surface area (Å²) in [5.41, 5.74) is 5.87. The van der Waals surface area contributed by atoms with Crippen molar-refractivity contribution >= 4 is 5.84 Å². The summed E-state index contributed by atoms with van der Waals surface area (Å²) in [5.74, 6) is 1.15. The molecule has 104 valence electrons. The number of rotatable bonds is 6. The van der Waals surface area contributed by atoms with Crippen LogP contribution >= 0.6 is 0 Å². The Hall–Kier alpha value is -0.810. The van der Waals surface area contributed by atoms with Crippen molar-refractivity contribution in [2.24, 2.45) is 22.2 Å². The summed E-state index contributed by atoms with van der Waals surface area (Å²) in [6.45, 7) is 4.55. The van der Waals surface area contributed by atoms with E-state index < -0.39 is 0 Å². The van der Waals surface area contributed by atoms with E-state index in [-0.39, 0.29) is 5.41 Å². The summed E-state index contributed by atoms with van der Waals surface area (Å²) in [5, 5.41) is 15.3. The highest BCUT2D eigenvalue weighted by molar-refractivity contribution is 5.80. The van der Waals surface area contributed by atoms with E-state index in [0.717, 1.165) is 25.4 Å². The fourth-order valence-corrected chi connectivity index (χ4v) is 2.99. The van der Waals surface area contributed by atoms with E-state index in [0.29, 0.717) is 5.84 Å². The molecule has 1 aliphatic carbocycles. The van der Waals surface area contributed by atoms with Crippen LogP contribution in [0.5, 0.6) is 0 Å². The van der Waals surface area contributed by atoms with Crippen molar-refractivity contribution in [1.82, 2.24) is 10.2 Å². The molecule has 1 heterocycles. The molecule has 1 saturated heterocycles. The van der Waals surface area contributed by atoms with Crippen molar-refractivity contribution < 1.29 is 5.21 Å². The lowest BCUT2D eigenvalue weighted by atomic mass is 9.97. The van der Waals surface area contributed by atoms with Gasteiger partial charge in [0.2, 0.25) is 0 Å². The van der Waals surface area contributed by atoms with Gasteiger partial charge in [-0.2, -0.15) is 0 Å². The average molecular weight is 254 g/mol. The van der Waals surface area contributed by atoms with E-state index in [4.69, 9.17) is 10.9 Å². The first-order chi connectivity index (χ1) is 8.63. The lowest BCUT2D eigenvalue weighted by Gasteiger charge is -2.30. The highest BCUT2D eigenvalue weighted by Gasteiger charge is 2.42. The zero-order valence-corrected chi connectivity index (χ0v) is 11.4. The van der Waals surface area contributed by atoms with Crippen LogP contribution in [0.3, 0.4) is 0 Å². The molecule has 5 heteroatoms. The number of nitrogens with zero attached hydrogens (tertiary/aromatic N) is 2. The fourth-order valence-electron chi connectivity index (χ4n) is 2.99. The lowest BCUT2D eigenvalue weighted by Crippen LogP contribution is -2.39. The average Bonchev–Trinajstić information content (AvgIpc) is 3.09. The fraction of sp³-hybridized carbons (Fsp3) is 0.923. The maximum absolute atomic E-state index is 8.62. The topological polar surface area (TPSA) is 73.9 Å². The third-order valence-corrected chi connectivity index (χ3v) is 4.30. The molecule has 0 aromatic carbocycles. The van der Waals surface area contributed by atoms with Gasteiger partial charge in [-0.25, -0.2) is 0 Å². The van der Waals surface area contributed by atoms with Crippen LogP contribution in [0.4, 0.5) is 0 Å². The van der Waals surface area contributed by atoms with Gasteiger partial charge in [0.05, 0.1) is 0 Å². The summed E-state index contributed by atoms with van der Waals surface area (Å²) < 4.78 is 0. The molecular formula is C13H26N4O. The molecule has 0 bridgehead atoms. The molecule has 2 fully saturated rings. The molecule has 1 atom stereocenters. The van der Waals surface area contributed by atoms with Crippen LogP contribution in [-0.2, 0) is 0 Å². The van der Waals surface area contributed by atoms with E-state index in [1.165, 1.54) is 38.8 Å². The second kappa shape index (κ2) is 5.89. The first-order valence-electron chi connectivity index (χ1n) is 6.99. The minimum Gasteiger partial charge on any atom is -0.409 e. The van der Waals surface area contributed by atoms with Crippen LogP contribution in [0.25, 0.3) is 0 Å². The highest BCUT2D eigenvalue weighted by Crippen LogP contribution is 2.48. The lowest BCUT2D eigenvalue weighted by molar-refractivity contribution is 0.204. The van der Waals surface area contributed by atoms with Gasteiger partial charge >= 0.3 is 0 Å². The molecule has 0 radical (unpaired) electrons. The maximum atomic E-state index is 8.62. The van der Waals surface area contributed by atoms with Gasteiger partial charge in [-0.1, -0.05) is 5.16 Å². The van der Waals surface area contributed by atoms with E-state index in [1.54, 1.807) is 0 Å². The standard InChI is InChI=1S/C13H26N4O/c1-17-6-2-3-11(9-17)8-15-10-13(4-5-13)7-12(14)16-18/h11,15,18H,2-10H2,1H3,(H2,14,16). The number of amidine groups is 1. The highest BCUT2D eigenvalue weighted by atomic mass is 16.4. The van der Waals surface area contributed by atoms with E-state index in [2.05, 4.69) is 22.4 Å². The first kappa shape index (κ1) is 13.6. The number of nitrogens with two attached hydrogens (primary N) is 1. The normalized spacial score (nSPS) is 28.3. The smallest absolute Gasteiger partial charge is 0.139 e. The molecule has 2 rings (SSSR count). The second-order valence-corrected chi connectivity index (χ2v) is 6.17. The van der Waals surface area contributed by atoms with Gasteiger partial charge in [-0.05, 0) is 57.2 Å². The molecule has 18 heavy (non-hydrogen) atoms. The zero-order chi connectivity index (χ0) is 13.0. The van der Waals surface area contributed by atoms with Crippen LogP contribution in [0.15, 0.2) is 5.16 Å². The summed E-state index contributed by atoms with van der Waals surface area (Å²) in [7, 11) is 2.20. The Morgan fingerprint density at radius 1 is 1.56 bits per heavy atom.